The van der Waals surface area contributed by atoms with Crippen molar-refractivity contribution in [1.82, 2.24) is 4.90 Å². The number of sulfone groups is 1. The second-order valence-corrected chi connectivity index (χ2v) is 9.95. The molecule has 0 atom stereocenters. The Bertz CT molecular complexity index is 740. The van der Waals surface area contributed by atoms with E-state index in [1.807, 2.05) is 33.0 Å². The molecule has 6 heteroatoms. The van der Waals surface area contributed by atoms with Crippen molar-refractivity contribution in [3.63, 3.8) is 0 Å². The number of nitrogens with zero attached hydrogens (tertiary/aromatic N) is 2. The van der Waals surface area contributed by atoms with E-state index < -0.39 is 14.6 Å². The predicted octanol–water partition coefficient (Wildman–Crippen LogP) is 1.60. The number of anilines is 1. The summed E-state index contributed by atoms with van der Waals surface area (Å²) in [5, 5.41) is 0. The number of amides is 1. The van der Waals surface area contributed by atoms with Crippen LogP contribution in [0.15, 0.2) is 18.2 Å². The van der Waals surface area contributed by atoms with Crippen LogP contribution in [0.4, 0.5) is 5.69 Å². The first-order valence-electron chi connectivity index (χ1n) is 8.03. The largest absolute Gasteiger partial charge is 0.315 e. The summed E-state index contributed by atoms with van der Waals surface area (Å²) in [5.41, 5.74) is 3.38. The molecule has 1 aromatic carbocycles. The van der Waals surface area contributed by atoms with Crippen LogP contribution in [0, 0.1) is 0 Å². The van der Waals surface area contributed by atoms with Crippen LogP contribution in [0.1, 0.15) is 31.4 Å². The Morgan fingerprint density at radius 2 is 1.96 bits per heavy atom. The summed E-state index contributed by atoms with van der Waals surface area (Å²) in [6, 6.07) is 6.21. The number of aryl methyl sites for hydroxylation is 1. The predicted molar refractivity (Wildman–Crippen MR) is 91.3 cm³/mol. The highest BCUT2D eigenvalue weighted by atomic mass is 32.2. The first kappa shape index (κ1) is 16.5. The monoisotopic (exact) mass is 336 g/mol. The van der Waals surface area contributed by atoms with E-state index in [-0.39, 0.29) is 11.7 Å². The number of benzene rings is 1. The van der Waals surface area contributed by atoms with Gasteiger partial charge in [0, 0.05) is 38.8 Å². The van der Waals surface area contributed by atoms with E-state index >= 15 is 0 Å². The minimum absolute atomic E-state index is 0.160. The van der Waals surface area contributed by atoms with Crippen LogP contribution < -0.4 is 4.90 Å². The molecule has 0 N–H and O–H groups in total. The molecule has 3 rings (SSSR count). The molecule has 0 spiro atoms. The van der Waals surface area contributed by atoms with Crippen molar-refractivity contribution in [2.24, 2.45) is 0 Å². The van der Waals surface area contributed by atoms with Crippen molar-refractivity contribution >= 4 is 21.4 Å². The van der Waals surface area contributed by atoms with Gasteiger partial charge in [-0.3, -0.25) is 9.69 Å². The summed E-state index contributed by atoms with van der Waals surface area (Å²) < 4.78 is 23.5. The molecule has 0 unspecified atom stereocenters. The molecule has 5 nitrogen and oxygen atoms in total. The Morgan fingerprint density at radius 1 is 1.22 bits per heavy atom. The number of carbonyl (C=O) groups is 1. The summed E-state index contributed by atoms with van der Waals surface area (Å²) in [6.45, 7) is 5.51. The molecule has 0 aliphatic carbocycles. The lowest BCUT2D eigenvalue weighted by molar-refractivity contribution is -0.118. The highest BCUT2D eigenvalue weighted by Gasteiger charge is 2.39. The van der Waals surface area contributed by atoms with Crippen LogP contribution >= 0.6 is 0 Å². The first-order valence-corrected chi connectivity index (χ1v) is 9.68. The maximum Gasteiger partial charge on any atom is 0.227 e. The van der Waals surface area contributed by atoms with Gasteiger partial charge in [0.2, 0.25) is 5.91 Å². The molecule has 2 aliphatic heterocycles. The van der Waals surface area contributed by atoms with Gasteiger partial charge in [0.15, 0.2) is 9.84 Å². The van der Waals surface area contributed by atoms with Crippen molar-refractivity contribution in [3.8, 4) is 0 Å². The summed E-state index contributed by atoms with van der Waals surface area (Å²) in [4.78, 5) is 15.7. The van der Waals surface area contributed by atoms with E-state index in [0.717, 1.165) is 18.7 Å². The zero-order valence-electron chi connectivity index (χ0n) is 14.0. The van der Waals surface area contributed by atoms with E-state index in [9.17, 15) is 13.2 Å². The fraction of sp³-hybridized carbons (Fsp3) is 0.588. The molecule has 1 aromatic rings. The topological polar surface area (TPSA) is 57.7 Å². The van der Waals surface area contributed by atoms with Crippen LogP contribution in [-0.2, 0) is 27.6 Å². The Morgan fingerprint density at radius 3 is 2.65 bits per heavy atom. The fourth-order valence-electron chi connectivity index (χ4n) is 3.44. The third kappa shape index (κ3) is 3.02. The van der Waals surface area contributed by atoms with Gasteiger partial charge in [0.25, 0.3) is 0 Å². The Hall–Kier alpha value is -1.40. The Balaban J connectivity index is 1.76. The maximum atomic E-state index is 12.1. The normalized spacial score (nSPS) is 23.6. The van der Waals surface area contributed by atoms with Crippen LogP contribution in [-0.4, -0.2) is 49.9 Å². The van der Waals surface area contributed by atoms with Crippen LogP contribution in [0.5, 0.6) is 0 Å². The van der Waals surface area contributed by atoms with Crippen molar-refractivity contribution in [2.45, 2.75) is 38.0 Å². The molecule has 0 aromatic heterocycles. The fourth-order valence-corrected chi connectivity index (χ4v) is 4.87. The highest BCUT2D eigenvalue weighted by Crippen LogP contribution is 2.29. The molecule has 23 heavy (non-hydrogen) atoms. The average molecular weight is 336 g/mol. The molecule has 1 amide bonds. The second kappa shape index (κ2) is 5.60. The Labute approximate surface area is 138 Å². The number of hydrogen-bond donors (Lipinski definition) is 0. The second-order valence-electron chi connectivity index (χ2n) is 7.21. The van der Waals surface area contributed by atoms with Crippen LogP contribution in [0.25, 0.3) is 0 Å². The molecule has 126 valence electrons. The molecule has 1 fully saturated rings. The highest BCUT2D eigenvalue weighted by molar-refractivity contribution is 7.92. The molecule has 2 aliphatic rings. The molecule has 0 bridgehead atoms. The van der Waals surface area contributed by atoms with Gasteiger partial charge < -0.3 is 4.90 Å². The van der Waals surface area contributed by atoms with Crippen molar-refractivity contribution in [3.05, 3.63) is 29.3 Å². The number of hydrogen-bond acceptors (Lipinski definition) is 4. The van der Waals surface area contributed by atoms with E-state index in [0.29, 0.717) is 19.5 Å². The zero-order chi connectivity index (χ0) is 16.8. The molecule has 0 saturated carbocycles. The summed E-state index contributed by atoms with van der Waals surface area (Å²) >= 11 is 0. The summed E-state index contributed by atoms with van der Waals surface area (Å²) in [6.07, 6.45) is 1.34. The van der Waals surface area contributed by atoms with Gasteiger partial charge >= 0.3 is 0 Å². The van der Waals surface area contributed by atoms with Gasteiger partial charge in [0.1, 0.15) is 0 Å². The van der Waals surface area contributed by atoms with Crippen molar-refractivity contribution in [1.29, 1.82) is 0 Å². The molecule has 0 radical (unpaired) electrons. The molecular formula is C17H24N2O3S. The Kier molecular flexibility index (Phi) is 4.01. The quantitative estimate of drug-likeness (QED) is 0.823. The molecule has 1 saturated heterocycles. The van der Waals surface area contributed by atoms with Gasteiger partial charge in [-0.1, -0.05) is 12.1 Å². The summed E-state index contributed by atoms with van der Waals surface area (Å²) in [5.74, 6) is 0.385. The number of fused-ring (bicyclic) bond motifs is 1. The first-order chi connectivity index (χ1) is 10.7. The lowest BCUT2D eigenvalue weighted by atomic mass is 9.99. The van der Waals surface area contributed by atoms with Crippen LogP contribution in [0.3, 0.4) is 0 Å². The SMILES string of the molecule is CN1C(=O)CCc2cc(CN3CCS(=O)(=O)C(C)(C)C3)ccc21. The van der Waals surface area contributed by atoms with Crippen molar-refractivity contribution in [2.75, 3.05) is 30.8 Å². The van der Waals surface area contributed by atoms with Crippen LogP contribution in [0.2, 0.25) is 0 Å². The zero-order valence-corrected chi connectivity index (χ0v) is 14.8. The lowest BCUT2D eigenvalue weighted by Crippen LogP contribution is -2.52. The summed E-state index contributed by atoms with van der Waals surface area (Å²) in [7, 11) is -1.18. The van der Waals surface area contributed by atoms with Gasteiger partial charge in [-0.2, -0.15) is 0 Å². The van der Waals surface area contributed by atoms with Gasteiger partial charge in [-0.25, -0.2) is 8.42 Å². The lowest BCUT2D eigenvalue weighted by Gasteiger charge is -2.37. The smallest absolute Gasteiger partial charge is 0.227 e. The minimum Gasteiger partial charge on any atom is -0.315 e. The number of rotatable bonds is 2. The van der Waals surface area contributed by atoms with Gasteiger partial charge in [0.05, 0.1) is 10.5 Å². The number of carbonyl (C=O) groups excluding carboxylic acids is 1. The van der Waals surface area contributed by atoms with Gasteiger partial charge in [-0.05, 0) is 37.5 Å². The van der Waals surface area contributed by atoms with E-state index in [2.05, 4.69) is 11.0 Å². The average Bonchev–Trinajstić information content (AvgIpc) is 2.47. The standard InChI is InChI=1S/C17H24N2O3S/c1-17(2)12-19(8-9-23(17,21)22)11-13-4-6-15-14(10-13)5-7-16(20)18(15)3/h4,6,10H,5,7-9,11-12H2,1-3H3. The van der Waals surface area contributed by atoms with E-state index in [4.69, 9.17) is 0 Å². The van der Waals surface area contributed by atoms with E-state index in [1.165, 1.54) is 11.1 Å². The molecular weight excluding hydrogens is 312 g/mol. The molecule has 2 heterocycles. The van der Waals surface area contributed by atoms with E-state index in [1.54, 1.807) is 4.90 Å². The minimum atomic E-state index is -3.00. The third-order valence-electron chi connectivity index (χ3n) is 5.02. The third-order valence-corrected chi connectivity index (χ3v) is 7.55. The maximum absolute atomic E-state index is 12.1. The van der Waals surface area contributed by atoms with Crippen molar-refractivity contribution < 1.29 is 13.2 Å². The van der Waals surface area contributed by atoms with Gasteiger partial charge in [-0.15, -0.1) is 0 Å².